The van der Waals surface area contributed by atoms with E-state index in [1.807, 2.05) is 12.1 Å². The Balaban J connectivity index is 1.85. The van der Waals surface area contributed by atoms with Crippen LogP contribution in [0.2, 0.25) is 0 Å². The number of benzene rings is 1. The smallest absolute Gasteiger partial charge is 0.257 e. The molecule has 0 bridgehead atoms. The van der Waals surface area contributed by atoms with Crippen molar-refractivity contribution in [2.24, 2.45) is 0 Å². The number of amides is 1. The Morgan fingerprint density at radius 1 is 1.19 bits per heavy atom. The summed E-state index contributed by atoms with van der Waals surface area (Å²) in [7, 11) is 2.16. The highest BCUT2D eigenvalue weighted by atomic mass is 32.2. The van der Waals surface area contributed by atoms with Crippen molar-refractivity contribution in [3.63, 3.8) is 0 Å². The molecule has 1 N–H and O–H groups in total. The molecule has 0 saturated carbocycles. The first-order valence-corrected chi connectivity index (χ1v) is 8.38. The number of rotatable bonds is 2. The molecule has 2 fully saturated rings. The van der Waals surface area contributed by atoms with E-state index in [-0.39, 0.29) is 5.91 Å². The lowest BCUT2D eigenvalue weighted by Crippen LogP contribution is -2.44. The fraction of sp³-hybridized carbons (Fsp3) is 0.438. The largest absolute Gasteiger partial charge is 0.368 e. The molecule has 1 amide bonds. The van der Waals surface area contributed by atoms with Crippen LogP contribution in [-0.2, 0) is 4.79 Å². The van der Waals surface area contributed by atoms with Gasteiger partial charge in [0, 0.05) is 44.2 Å². The molecule has 4 nitrogen and oxygen atoms in total. The highest BCUT2D eigenvalue weighted by Gasteiger charge is 2.18. The van der Waals surface area contributed by atoms with Gasteiger partial charge in [0.1, 0.15) is 0 Å². The summed E-state index contributed by atoms with van der Waals surface area (Å²) >= 11 is 1.64. The van der Waals surface area contributed by atoms with Crippen molar-refractivity contribution in [1.29, 1.82) is 0 Å². The Morgan fingerprint density at radius 3 is 2.71 bits per heavy atom. The molecule has 1 aromatic rings. The fourth-order valence-corrected chi connectivity index (χ4v) is 3.51. The number of hydrogen-bond donors (Lipinski definition) is 1. The summed E-state index contributed by atoms with van der Waals surface area (Å²) in [6.07, 6.45) is 2.03. The molecule has 0 aromatic heterocycles. The van der Waals surface area contributed by atoms with Crippen molar-refractivity contribution in [2.45, 2.75) is 0 Å². The zero-order valence-corrected chi connectivity index (χ0v) is 13.2. The van der Waals surface area contributed by atoms with Gasteiger partial charge in [-0.3, -0.25) is 4.79 Å². The third-order valence-electron chi connectivity index (χ3n) is 3.94. The number of anilines is 1. The molecule has 5 heteroatoms. The van der Waals surface area contributed by atoms with Crippen molar-refractivity contribution >= 4 is 29.4 Å². The second-order valence-corrected chi connectivity index (χ2v) is 6.60. The Hall–Kier alpha value is -1.46. The van der Waals surface area contributed by atoms with Crippen LogP contribution in [0.4, 0.5) is 5.69 Å². The van der Waals surface area contributed by atoms with E-state index >= 15 is 0 Å². The molecule has 3 rings (SSSR count). The maximum absolute atomic E-state index is 11.9. The lowest BCUT2D eigenvalue weighted by molar-refractivity contribution is -0.116. The van der Waals surface area contributed by atoms with Gasteiger partial charge >= 0.3 is 0 Å². The third kappa shape index (κ3) is 3.41. The topological polar surface area (TPSA) is 35.6 Å². The van der Waals surface area contributed by atoms with Crippen LogP contribution >= 0.6 is 11.8 Å². The minimum atomic E-state index is 0.0550. The monoisotopic (exact) mass is 303 g/mol. The highest BCUT2D eigenvalue weighted by Crippen LogP contribution is 2.28. The molecule has 0 radical (unpaired) electrons. The summed E-state index contributed by atoms with van der Waals surface area (Å²) in [5, 5.41) is 2.91. The van der Waals surface area contributed by atoms with E-state index in [2.05, 4.69) is 40.4 Å². The number of para-hydroxylation sites is 1. The maximum atomic E-state index is 11.9. The Bertz CT molecular complexity index is 550. The predicted octanol–water partition coefficient (Wildman–Crippen LogP) is 1.64. The Labute approximate surface area is 130 Å². The van der Waals surface area contributed by atoms with Gasteiger partial charge in [0.15, 0.2) is 0 Å². The summed E-state index contributed by atoms with van der Waals surface area (Å²) in [6.45, 7) is 5.01. The molecular formula is C16H21N3OS. The second kappa shape index (κ2) is 6.54. The average Bonchev–Trinajstić information content (AvgIpc) is 2.51. The number of nitrogens with zero attached hydrogens (tertiary/aromatic N) is 2. The van der Waals surface area contributed by atoms with Crippen molar-refractivity contribution in [2.75, 3.05) is 50.4 Å². The van der Waals surface area contributed by atoms with E-state index in [1.165, 1.54) is 5.69 Å². The quantitative estimate of drug-likeness (QED) is 0.843. The summed E-state index contributed by atoms with van der Waals surface area (Å²) in [6, 6.07) is 8.37. The van der Waals surface area contributed by atoms with E-state index in [1.54, 1.807) is 11.8 Å². The third-order valence-corrected chi connectivity index (χ3v) is 4.96. The zero-order chi connectivity index (χ0) is 14.7. The molecule has 0 aliphatic carbocycles. The zero-order valence-electron chi connectivity index (χ0n) is 12.3. The molecule has 0 atom stereocenters. The van der Waals surface area contributed by atoms with Gasteiger partial charge in [-0.15, -0.1) is 11.8 Å². The molecule has 1 aromatic carbocycles. The summed E-state index contributed by atoms with van der Waals surface area (Å²) < 4.78 is 0. The van der Waals surface area contributed by atoms with Crippen LogP contribution in [-0.4, -0.2) is 56.3 Å². The van der Waals surface area contributed by atoms with E-state index in [4.69, 9.17) is 0 Å². The molecule has 2 heterocycles. The van der Waals surface area contributed by atoms with Crippen LogP contribution in [0.1, 0.15) is 5.56 Å². The number of piperazine rings is 1. The predicted molar refractivity (Wildman–Crippen MR) is 89.6 cm³/mol. The van der Waals surface area contributed by atoms with Gasteiger partial charge in [0.2, 0.25) is 0 Å². The SMILES string of the molecule is CN1CCN(c2ccccc2/C=C2\SCCNC2=O)CC1. The minimum absolute atomic E-state index is 0.0550. The first kappa shape index (κ1) is 14.5. The van der Waals surface area contributed by atoms with Gasteiger partial charge in [-0.25, -0.2) is 0 Å². The normalized spacial score (nSPS) is 22.4. The minimum Gasteiger partial charge on any atom is -0.368 e. The number of hydrogen-bond acceptors (Lipinski definition) is 4. The second-order valence-electron chi connectivity index (χ2n) is 5.46. The molecule has 2 aliphatic heterocycles. The number of carbonyl (C=O) groups is 1. The van der Waals surface area contributed by atoms with Gasteiger partial charge in [0.25, 0.3) is 5.91 Å². The first-order valence-electron chi connectivity index (χ1n) is 7.39. The van der Waals surface area contributed by atoms with Gasteiger partial charge in [-0.05, 0) is 24.8 Å². The number of nitrogens with one attached hydrogen (secondary N) is 1. The van der Waals surface area contributed by atoms with Crippen LogP contribution < -0.4 is 10.2 Å². The molecular weight excluding hydrogens is 282 g/mol. The van der Waals surface area contributed by atoms with Gasteiger partial charge < -0.3 is 15.1 Å². The van der Waals surface area contributed by atoms with Gasteiger partial charge in [-0.2, -0.15) is 0 Å². The maximum Gasteiger partial charge on any atom is 0.257 e. The fourth-order valence-electron chi connectivity index (χ4n) is 2.67. The molecule has 0 unspecified atom stereocenters. The average molecular weight is 303 g/mol. The summed E-state index contributed by atoms with van der Waals surface area (Å²) in [4.78, 5) is 17.5. The number of likely N-dealkylation sites (N-methyl/N-ethyl adjacent to an activating group) is 1. The highest BCUT2D eigenvalue weighted by molar-refractivity contribution is 8.04. The van der Waals surface area contributed by atoms with Crippen molar-refractivity contribution in [3.8, 4) is 0 Å². The van der Waals surface area contributed by atoms with Gasteiger partial charge in [-0.1, -0.05) is 18.2 Å². The van der Waals surface area contributed by atoms with Crippen molar-refractivity contribution in [1.82, 2.24) is 10.2 Å². The van der Waals surface area contributed by atoms with Crippen LogP contribution in [0, 0.1) is 0 Å². The molecule has 2 aliphatic rings. The van der Waals surface area contributed by atoms with Crippen LogP contribution in [0.3, 0.4) is 0 Å². The van der Waals surface area contributed by atoms with Crippen molar-refractivity contribution in [3.05, 3.63) is 34.7 Å². The van der Waals surface area contributed by atoms with Crippen LogP contribution in [0.25, 0.3) is 6.08 Å². The lowest BCUT2D eigenvalue weighted by atomic mass is 10.1. The Morgan fingerprint density at radius 2 is 1.95 bits per heavy atom. The van der Waals surface area contributed by atoms with Gasteiger partial charge in [0.05, 0.1) is 4.91 Å². The molecule has 21 heavy (non-hydrogen) atoms. The van der Waals surface area contributed by atoms with E-state index < -0.39 is 0 Å². The molecule has 112 valence electrons. The summed E-state index contributed by atoms with van der Waals surface area (Å²) in [5.74, 6) is 1.01. The lowest BCUT2D eigenvalue weighted by Gasteiger charge is -2.35. The molecule has 2 saturated heterocycles. The standard InChI is InChI=1S/C16H21N3OS/c1-18-7-9-19(10-8-18)14-5-3-2-4-13(14)12-15-16(20)17-6-11-21-15/h2-5,12H,6-11H2,1H3,(H,17,20)/b15-12-. The Kier molecular flexibility index (Phi) is 4.51. The van der Waals surface area contributed by atoms with E-state index in [0.717, 1.165) is 48.9 Å². The van der Waals surface area contributed by atoms with Crippen molar-refractivity contribution < 1.29 is 4.79 Å². The van der Waals surface area contributed by atoms with E-state index in [9.17, 15) is 4.79 Å². The number of thioether (sulfide) groups is 1. The van der Waals surface area contributed by atoms with Crippen LogP contribution in [0.5, 0.6) is 0 Å². The summed E-state index contributed by atoms with van der Waals surface area (Å²) in [5.41, 5.74) is 2.37. The first-order chi connectivity index (χ1) is 10.2. The number of carbonyl (C=O) groups excluding carboxylic acids is 1. The van der Waals surface area contributed by atoms with E-state index in [0.29, 0.717) is 0 Å². The van der Waals surface area contributed by atoms with Crippen LogP contribution in [0.15, 0.2) is 29.2 Å². The molecule has 0 spiro atoms.